The van der Waals surface area contributed by atoms with Crippen LogP contribution < -0.4 is 5.56 Å². The second-order valence-electron chi connectivity index (χ2n) is 6.92. The summed E-state index contributed by atoms with van der Waals surface area (Å²) in [6.45, 7) is 3.77. The van der Waals surface area contributed by atoms with Gasteiger partial charge in [-0.15, -0.1) is 28.1 Å². The summed E-state index contributed by atoms with van der Waals surface area (Å²) >= 11 is 3.12. The van der Waals surface area contributed by atoms with Crippen molar-refractivity contribution >= 4 is 45.0 Å². The Bertz CT molecular complexity index is 1320. The number of thioether (sulfide) groups is 1. The van der Waals surface area contributed by atoms with E-state index in [0.29, 0.717) is 21.9 Å². The number of carbonyl (C=O) groups excluding carboxylic acids is 1. The zero-order valence-corrected chi connectivity index (χ0v) is 17.3. The van der Waals surface area contributed by atoms with Crippen molar-refractivity contribution in [1.82, 2.24) is 19.2 Å². The average molecular weight is 423 g/mol. The van der Waals surface area contributed by atoms with E-state index in [2.05, 4.69) is 16.8 Å². The van der Waals surface area contributed by atoms with Crippen LogP contribution in [0.25, 0.3) is 16.0 Å². The zero-order valence-electron chi connectivity index (χ0n) is 15.6. The van der Waals surface area contributed by atoms with Gasteiger partial charge in [-0.05, 0) is 43.4 Å². The van der Waals surface area contributed by atoms with E-state index in [1.165, 1.54) is 21.2 Å². The van der Waals surface area contributed by atoms with Gasteiger partial charge in [-0.2, -0.15) is 0 Å². The number of fused-ring (bicyclic) bond motifs is 5. The molecule has 0 spiro atoms. The van der Waals surface area contributed by atoms with Gasteiger partial charge in [0.15, 0.2) is 5.16 Å². The third-order valence-corrected chi connectivity index (χ3v) is 7.34. The molecule has 0 N–H and O–H groups in total. The van der Waals surface area contributed by atoms with Crippen molar-refractivity contribution in [2.45, 2.75) is 30.8 Å². The quantitative estimate of drug-likeness (QED) is 0.368. The normalized spacial score (nSPS) is 13.7. The number of aryl methyl sites for hydroxylation is 2. The molecule has 0 saturated heterocycles. The number of thiophene rings is 1. The van der Waals surface area contributed by atoms with E-state index in [4.69, 9.17) is 0 Å². The summed E-state index contributed by atoms with van der Waals surface area (Å²) in [4.78, 5) is 28.9. The zero-order chi connectivity index (χ0) is 20.0. The highest BCUT2D eigenvalue weighted by Crippen LogP contribution is 2.36. The minimum atomic E-state index is -0.383. The molecule has 29 heavy (non-hydrogen) atoms. The van der Waals surface area contributed by atoms with Crippen LogP contribution in [-0.4, -0.2) is 30.8 Å². The molecule has 0 radical (unpaired) electrons. The molecule has 1 aliphatic rings. The molecule has 0 saturated carbocycles. The van der Waals surface area contributed by atoms with Crippen LogP contribution in [0.2, 0.25) is 0 Å². The summed E-state index contributed by atoms with van der Waals surface area (Å²) in [6.07, 6.45) is 5.82. The molecule has 1 aromatic carbocycles. The van der Waals surface area contributed by atoms with Gasteiger partial charge in [0.2, 0.25) is 5.78 Å². The van der Waals surface area contributed by atoms with Gasteiger partial charge < -0.3 is 0 Å². The number of aromatic nitrogens is 4. The fourth-order valence-corrected chi connectivity index (χ4v) is 5.94. The molecule has 1 aliphatic carbocycles. The van der Waals surface area contributed by atoms with Crippen molar-refractivity contribution in [3.8, 4) is 0 Å². The monoisotopic (exact) mass is 422 g/mol. The van der Waals surface area contributed by atoms with Crippen LogP contribution in [0.1, 0.15) is 33.6 Å². The van der Waals surface area contributed by atoms with E-state index in [1.54, 1.807) is 41.7 Å². The molecule has 0 fully saturated rings. The Labute approximate surface area is 174 Å². The van der Waals surface area contributed by atoms with Crippen LogP contribution >= 0.6 is 23.1 Å². The van der Waals surface area contributed by atoms with Gasteiger partial charge in [-0.3, -0.25) is 9.59 Å². The Morgan fingerprint density at radius 1 is 1.21 bits per heavy atom. The summed E-state index contributed by atoms with van der Waals surface area (Å²) in [7, 11) is 0. The average Bonchev–Trinajstić information content (AvgIpc) is 3.34. The lowest BCUT2D eigenvalue weighted by Crippen LogP contribution is -2.30. The number of benzene rings is 1. The minimum Gasteiger partial charge on any atom is -0.268 e. The van der Waals surface area contributed by atoms with Crippen molar-refractivity contribution in [2.75, 3.05) is 5.75 Å². The largest absolute Gasteiger partial charge is 0.271 e. The molecule has 3 aromatic heterocycles. The highest BCUT2D eigenvalue weighted by molar-refractivity contribution is 7.99. The molecular weight excluding hydrogens is 404 g/mol. The standard InChI is InChI=1S/C21H18N4O2S2/c1-2-12-28-21-23-22-20-24(17(26)13-8-4-3-5-9-13)18(27)16-14-10-6-7-11-15(14)29-19(16)25(20)21/h2-5,8-9H,1,6-7,10-12H2. The summed E-state index contributed by atoms with van der Waals surface area (Å²) in [5.74, 6) is 0.548. The van der Waals surface area contributed by atoms with Gasteiger partial charge in [-0.25, -0.2) is 8.97 Å². The second kappa shape index (κ2) is 7.27. The maximum absolute atomic E-state index is 13.6. The van der Waals surface area contributed by atoms with E-state index in [1.807, 2.05) is 10.5 Å². The van der Waals surface area contributed by atoms with E-state index in [0.717, 1.165) is 36.1 Å². The van der Waals surface area contributed by atoms with Crippen molar-refractivity contribution < 1.29 is 4.79 Å². The Morgan fingerprint density at radius 3 is 2.79 bits per heavy atom. The van der Waals surface area contributed by atoms with E-state index in [9.17, 15) is 9.59 Å². The Balaban J connectivity index is 1.87. The first-order valence-corrected chi connectivity index (χ1v) is 11.3. The first-order valence-electron chi connectivity index (χ1n) is 9.48. The topological polar surface area (TPSA) is 69.3 Å². The third-order valence-electron chi connectivity index (χ3n) is 5.14. The lowest BCUT2D eigenvalue weighted by Gasteiger charge is -2.11. The van der Waals surface area contributed by atoms with Gasteiger partial charge >= 0.3 is 0 Å². The molecule has 3 heterocycles. The predicted octanol–water partition coefficient (Wildman–Crippen LogP) is 3.95. The van der Waals surface area contributed by atoms with Gasteiger partial charge in [0, 0.05) is 16.2 Å². The van der Waals surface area contributed by atoms with Gasteiger partial charge in [-0.1, -0.05) is 36.0 Å². The molecule has 146 valence electrons. The Kier molecular flexibility index (Phi) is 4.60. The molecule has 0 bridgehead atoms. The summed E-state index contributed by atoms with van der Waals surface area (Å²) in [6, 6.07) is 8.84. The molecule has 6 nitrogen and oxygen atoms in total. The molecule has 0 aliphatic heterocycles. The smallest absolute Gasteiger partial charge is 0.268 e. The van der Waals surface area contributed by atoms with E-state index >= 15 is 0 Å². The maximum atomic E-state index is 13.6. The number of rotatable bonds is 4. The van der Waals surface area contributed by atoms with Crippen molar-refractivity contribution in [3.63, 3.8) is 0 Å². The summed E-state index contributed by atoms with van der Waals surface area (Å²) < 4.78 is 3.05. The highest BCUT2D eigenvalue weighted by Gasteiger charge is 2.27. The number of hydrogen-bond donors (Lipinski definition) is 0. The number of carbonyl (C=O) groups is 1. The first-order chi connectivity index (χ1) is 14.2. The third kappa shape index (κ3) is 2.86. The van der Waals surface area contributed by atoms with E-state index in [-0.39, 0.29) is 17.2 Å². The van der Waals surface area contributed by atoms with Crippen LogP contribution in [0.15, 0.2) is 52.9 Å². The van der Waals surface area contributed by atoms with Crippen molar-refractivity contribution in [1.29, 1.82) is 0 Å². The number of nitrogens with zero attached hydrogens (tertiary/aromatic N) is 4. The molecule has 0 atom stereocenters. The van der Waals surface area contributed by atoms with Crippen LogP contribution in [0.5, 0.6) is 0 Å². The SMILES string of the molecule is C=CCSc1nnc2n(C(=O)c3ccccc3)c(=O)c3c4c(sc3n12)CCCC4. The van der Waals surface area contributed by atoms with Crippen LogP contribution in [0.3, 0.4) is 0 Å². The highest BCUT2D eigenvalue weighted by atomic mass is 32.2. The summed E-state index contributed by atoms with van der Waals surface area (Å²) in [5.41, 5.74) is 1.24. The number of hydrogen-bond acceptors (Lipinski definition) is 6. The molecule has 8 heteroatoms. The molecule has 0 amide bonds. The van der Waals surface area contributed by atoms with Gasteiger partial charge in [0.25, 0.3) is 11.5 Å². The lowest BCUT2D eigenvalue weighted by atomic mass is 9.97. The predicted molar refractivity (Wildman–Crippen MR) is 116 cm³/mol. The minimum absolute atomic E-state index is 0.265. The molecule has 0 unspecified atom stereocenters. The van der Waals surface area contributed by atoms with E-state index < -0.39 is 0 Å². The lowest BCUT2D eigenvalue weighted by molar-refractivity contribution is 0.0960. The van der Waals surface area contributed by atoms with Crippen LogP contribution in [0, 0.1) is 0 Å². The fourth-order valence-electron chi connectivity index (χ4n) is 3.84. The summed E-state index contributed by atoms with van der Waals surface area (Å²) in [5, 5.41) is 9.84. The van der Waals surface area contributed by atoms with Gasteiger partial charge in [0.1, 0.15) is 4.83 Å². The van der Waals surface area contributed by atoms with Crippen molar-refractivity contribution in [3.05, 3.63) is 69.3 Å². The van der Waals surface area contributed by atoms with Crippen LogP contribution in [0.4, 0.5) is 0 Å². The Morgan fingerprint density at radius 2 is 2.00 bits per heavy atom. The molecular formula is C21H18N4O2S2. The maximum Gasteiger partial charge on any atom is 0.271 e. The Hall–Kier alpha value is -2.71. The molecule has 4 aromatic rings. The van der Waals surface area contributed by atoms with Crippen molar-refractivity contribution in [2.24, 2.45) is 0 Å². The second-order valence-corrected chi connectivity index (χ2v) is 8.99. The van der Waals surface area contributed by atoms with Gasteiger partial charge in [0.05, 0.1) is 5.39 Å². The molecule has 5 rings (SSSR count). The first kappa shape index (κ1) is 18.3. The fraction of sp³-hybridized carbons (Fsp3) is 0.238. The van der Waals surface area contributed by atoms with Crippen LogP contribution in [-0.2, 0) is 12.8 Å².